The predicted molar refractivity (Wildman–Crippen MR) is 82.3 cm³/mol. The normalized spacial score (nSPS) is 21.6. The van der Waals surface area contributed by atoms with Crippen LogP contribution in [0, 0.1) is 0 Å². The molecule has 3 unspecified atom stereocenters. The van der Waals surface area contributed by atoms with Crippen molar-refractivity contribution in [2.24, 2.45) is 0 Å². The molecule has 20 heavy (non-hydrogen) atoms. The van der Waals surface area contributed by atoms with Crippen molar-refractivity contribution in [3.05, 3.63) is 21.3 Å². The van der Waals surface area contributed by atoms with Crippen LogP contribution >= 0.6 is 22.9 Å². The number of hydrogen-bond donors (Lipinski definition) is 2. The first kappa shape index (κ1) is 15.8. The van der Waals surface area contributed by atoms with Crippen LogP contribution in [0.4, 0.5) is 0 Å². The van der Waals surface area contributed by atoms with E-state index >= 15 is 0 Å². The number of rotatable bonds is 6. The van der Waals surface area contributed by atoms with Crippen molar-refractivity contribution < 1.29 is 9.53 Å². The van der Waals surface area contributed by atoms with E-state index in [4.69, 9.17) is 16.3 Å². The van der Waals surface area contributed by atoms with Gasteiger partial charge in [0.15, 0.2) is 0 Å². The number of carbonyl (C=O) groups is 1. The Morgan fingerprint density at radius 3 is 2.95 bits per heavy atom. The van der Waals surface area contributed by atoms with Gasteiger partial charge in [0.2, 0.25) is 5.91 Å². The van der Waals surface area contributed by atoms with Gasteiger partial charge in [-0.3, -0.25) is 10.1 Å². The molecular formula is C14H21ClN2O2S. The summed E-state index contributed by atoms with van der Waals surface area (Å²) in [6.07, 6.45) is 2.30. The fourth-order valence-corrected chi connectivity index (χ4v) is 3.34. The van der Waals surface area contributed by atoms with Gasteiger partial charge in [0.1, 0.15) is 0 Å². The van der Waals surface area contributed by atoms with E-state index in [1.54, 1.807) is 0 Å². The Morgan fingerprint density at radius 2 is 2.35 bits per heavy atom. The quantitative estimate of drug-likeness (QED) is 0.848. The molecule has 2 heterocycles. The number of ether oxygens (including phenoxy) is 1. The summed E-state index contributed by atoms with van der Waals surface area (Å²) in [5.74, 6) is 0.00926. The van der Waals surface area contributed by atoms with Crippen LogP contribution < -0.4 is 10.6 Å². The highest BCUT2D eigenvalue weighted by Gasteiger charge is 2.20. The first-order valence-electron chi connectivity index (χ1n) is 6.97. The number of amides is 1. The molecular weight excluding hydrogens is 296 g/mol. The minimum Gasteiger partial charge on any atom is -0.376 e. The van der Waals surface area contributed by atoms with Gasteiger partial charge >= 0.3 is 0 Å². The molecule has 2 N–H and O–H groups in total. The van der Waals surface area contributed by atoms with Crippen LogP contribution in [0.5, 0.6) is 0 Å². The topological polar surface area (TPSA) is 50.4 Å². The monoisotopic (exact) mass is 316 g/mol. The maximum Gasteiger partial charge on any atom is 0.236 e. The minimum absolute atomic E-state index is 0.00926. The lowest BCUT2D eigenvalue weighted by molar-refractivity contribution is -0.123. The molecule has 0 spiro atoms. The summed E-state index contributed by atoms with van der Waals surface area (Å²) in [6, 6.07) is 3.73. The first-order valence-corrected chi connectivity index (χ1v) is 8.16. The van der Waals surface area contributed by atoms with Gasteiger partial charge in [0.05, 0.1) is 16.5 Å². The molecule has 1 aromatic heterocycles. The van der Waals surface area contributed by atoms with Crippen LogP contribution in [-0.4, -0.2) is 31.2 Å². The second-order valence-corrected chi connectivity index (χ2v) is 6.88. The molecule has 1 fully saturated rings. The number of nitrogens with one attached hydrogen (secondary N) is 2. The Kier molecular flexibility index (Phi) is 5.84. The number of carbonyl (C=O) groups excluding carboxylic acids is 1. The minimum atomic E-state index is -0.243. The summed E-state index contributed by atoms with van der Waals surface area (Å²) in [5.41, 5.74) is 0. The lowest BCUT2D eigenvalue weighted by Gasteiger charge is -2.19. The van der Waals surface area contributed by atoms with Crippen molar-refractivity contribution in [2.45, 2.75) is 44.9 Å². The summed E-state index contributed by atoms with van der Waals surface area (Å²) in [4.78, 5) is 13.2. The van der Waals surface area contributed by atoms with E-state index in [9.17, 15) is 4.79 Å². The van der Waals surface area contributed by atoms with Crippen LogP contribution in [0.3, 0.4) is 0 Å². The third kappa shape index (κ3) is 4.45. The highest BCUT2D eigenvalue weighted by molar-refractivity contribution is 7.16. The van der Waals surface area contributed by atoms with Crippen LogP contribution in [0.1, 0.15) is 37.6 Å². The van der Waals surface area contributed by atoms with Gasteiger partial charge in [-0.05, 0) is 38.8 Å². The van der Waals surface area contributed by atoms with E-state index in [0.717, 1.165) is 28.7 Å². The number of thiophene rings is 1. The maximum atomic E-state index is 12.0. The Morgan fingerprint density at radius 1 is 1.55 bits per heavy atom. The van der Waals surface area contributed by atoms with Crippen molar-refractivity contribution in [1.29, 1.82) is 0 Å². The zero-order chi connectivity index (χ0) is 14.5. The SMILES string of the molecule is CC(NC(C)c1ccc(Cl)s1)C(=O)NCC1CCCO1. The van der Waals surface area contributed by atoms with Crippen LogP contribution in [0.25, 0.3) is 0 Å². The summed E-state index contributed by atoms with van der Waals surface area (Å²) in [5, 5.41) is 6.22. The predicted octanol–water partition coefficient (Wildman–Crippen LogP) is 2.74. The molecule has 1 aliphatic rings. The molecule has 3 atom stereocenters. The second-order valence-electron chi connectivity index (χ2n) is 5.13. The molecule has 1 aliphatic heterocycles. The van der Waals surface area contributed by atoms with Crippen molar-refractivity contribution in [3.63, 3.8) is 0 Å². The zero-order valence-corrected chi connectivity index (χ0v) is 13.4. The average molecular weight is 317 g/mol. The summed E-state index contributed by atoms with van der Waals surface area (Å²) in [7, 11) is 0. The van der Waals surface area contributed by atoms with Gasteiger partial charge in [-0.1, -0.05) is 11.6 Å². The van der Waals surface area contributed by atoms with Crippen molar-refractivity contribution in [3.8, 4) is 0 Å². The fourth-order valence-electron chi connectivity index (χ4n) is 2.27. The Balaban J connectivity index is 1.75. The van der Waals surface area contributed by atoms with Crippen molar-refractivity contribution >= 4 is 28.8 Å². The first-order chi connectivity index (χ1) is 9.56. The average Bonchev–Trinajstić information content (AvgIpc) is 3.06. The third-order valence-electron chi connectivity index (χ3n) is 3.44. The molecule has 0 bridgehead atoms. The molecule has 0 aromatic carbocycles. The molecule has 0 saturated carbocycles. The van der Waals surface area contributed by atoms with Crippen LogP contribution in [-0.2, 0) is 9.53 Å². The van der Waals surface area contributed by atoms with Crippen LogP contribution in [0.2, 0.25) is 4.34 Å². The van der Waals surface area contributed by atoms with Gasteiger partial charge in [-0.25, -0.2) is 0 Å². The van der Waals surface area contributed by atoms with E-state index in [2.05, 4.69) is 10.6 Å². The van der Waals surface area contributed by atoms with Crippen molar-refractivity contribution in [2.75, 3.05) is 13.2 Å². The smallest absolute Gasteiger partial charge is 0.236 e. The summed E-state index contributed by atoms with van der Waals surface area (Å²) in [6.45, 7) is 5.32. The van der Waals surface area contributed by atoms with E-state index in [1.165, 1.54) is 11.3 Å². The van der Waals surface area contributed by atoms with E-state index in [1.807, 2.05) is 26.0 Å². The van der Waals surface area contributed by atoms with E-state index < -0.39 is 0 Å². The van der Waals surface area contributed by atoms with E-state index in [0.29, 0.717) is 6.54 Å². The lowest BCUT2D eigenvalue weighted by atomic mass is 10.2. The highest BCUT2D eigenvalue weighted by atomic mass is 35.5. The number of hydrogen-bond acceptors (Lipinski definition) is 4. The Bertz CT molecular complexity index is 446. The van der Waals surface area contributed by atoms with E-state index in [-0.39, 0.29) is 24.1 Å². The maximum absolute atomic E-state index is 12.0. The Labute approximate surface area is 128 Å². The second kappa shape index (κ2) is 7.41. The molecule has 1 saturated heterocycles. The van der Waals surface area contributed by atoms with Gasteiger partial charge < -0.3 is 10.1 Å². The molecule has 6 heteroatoms. The molecule has 1 amide bonds. The highest BCUT2D eigenvalue weighted by Crippen LogP contribution is 2.26. The largest absolute Gasteiger partial charge is 0.376 e. The van der Waals surface area contributed by atoms with Crippen LogP contribution in [0.15, 0.2) is 12.1 Å². The molecule has 4 nitrogen and oxygen atoms in total. The molecule has 0 aliphatic carbocycles. The molecule has 1 aromatic rings. The zero-order valence-electron chi connectivity index (χ0n) is 11.8. The van der Waals surface area contributed by atoms with Gasteiger partial charge in [0.25, 0.3) is 0 Å². The molecule has 0 radical (unpaired) electrons. The standard InChI is InChI=1S/C14H21ClN2O2S/c1-9(12-5-6-13(15)20-12)17-10(2)14(18)16-8-11-4-3-7-19-11/h5-6,9-11,17H,3-4,7-8H2,1-2H3,(H,16,18). The van der Waals surface area contributed by atoms with Gasteiger partial charge in [-0.15, -0.1) is 11.3 Å². The lowest BCUT2D eigenvalue weighted by Crippen LogP contribution is -2.45. The molecule has 112 valence electrons. The van der Waals surface area contributed by atoms with Gasteiger partial charge in [-0.2, -0.15) is 0 Å². The molecule has 2 rings (SSSR count). The Hall–Kier alpha value is -0.620. The summed E-state index contributed by atoms with van der Waals surface area (Å²) >= 11 is 7.46. The van der Waals surface area contributed by atoms with Crippen molar-refractivity contribution in [1.82, 2.24) is 10.6 Å². The third-order valence-corrected chi connectivity index (χ3v) is 4.86. The summed E-state index contributed by atoms with van der Waals surface area (Å²) < 4.78 is 6.26. The number of halogens is 1. The van der Waals surface area contributed by atoms with Gasteiger partial charge in [0, 0.05) is 24.1 Å². The fraction of sp³-hybridized carbons (Fsp3) is 0.643.